The Hall–Kier alpha value is -6.26. The molecule has 1 aliphatic rings. The van der Waals surface area contributed by atoms with E-state index in [1.165, 1.54) is 38.6 Å². The molecule has 0 fully saturated rings. The summed E-state index contributed by atoms with van der Waals surface area (Å²) in [5.74, 6) is 1.84. The molecule has 0 saturated heterocycles. The molecule has 9 rings (SSSR count). The number of rotatable bonds is 5. The summed E-state index contributed by atoms with van der Waals surface area (Å²) in [5, 5.41) is 2.56. The lowest BCUT2D eigenvalue weighted by Crippen LogP contribution is -2.14. The molecular formula is C45H32N4. The summed E-state index contributed by atoms with van der Waals surface area (Å²) in [6.45, 7) is 4.68. The fourth-order valence-electron chi connectivity index (χ4n) is 7.24. The van der Waals surface area contributed by atoms with Crippen LogP contribution in [0, 0.1) is 0 Å². The minimum absolute atomic E-state index is 0.0894. The van der Waals surface area contributed by atoms with Crippen LogP contribution in [0.1, 0.15) is 25.0 Å². The third-order valence-corrected chi connectivity index (χ3v) is 9.80. The van der Waals surface area contributed by atoms with Crippen LogP contribution in [-0.4, -0.2) is 19.9 Å². The molecule has 0 N–H and O–H groups in total. The molecule has 4 nitrogen and oxygen atoms in total. The third-order valence-electron chi connectivity index (χ3n) is 9.80. The Morgan fingerprint density at radius 2 is 0.980 bits per heavy atom. The van der Waals surface area contributed by atoms with Crippen LogP contribution in [0.3, 0.4) is 0 Å². The maximum atomic E-state index is 4.98. The van der Waals surface area contributed by atoms with Crippen molar-refractivity contribution in [3.05, 3.63) is 169 Å². The van der Waals surface area contributed by atoms with Gasteiger partial charge in [0.2, 0.25) is 0 Å². The van der Waals surface area contributed by atoms with Gasteiger partial charge in [0, 0.05) is 33.9 Å². The van der Waals surface area contributed by atoms with Crippen molar-refractivity contribution in [1.82, 2.24) is 19.9 Å². The summed E-state index contributed by atoms with van der Waals surface area (Å²) in [6.07, 6.45) is 1.85. The Kier molecular flexibility index (Phi) is 6.77. The largest absolute Gasteiger partial charge is 0.255 e. The maximum Gasteiger partial charge on any atom is 0.165 e. The molecule has 0 atom stereocenters. The number of fused-ring (bicyclic) bond motifs is 5. The Bertz CT molecular complexity index is 2490. The first kappa shape index (κ1) is 28.9. The van der Waals surface area contributed by atoms with Gasteiger partial charge < -0.3 is 0 Å². The van der Waals surface area contributed by atoms with E-state index in [2.05, 4.69) is 105 Å². The number of nitrogens with zero attached hydrogens (tertiary/aromatic N) is 4. The van der Waals surface area contributed by atoms with E-state index in [4.69, 9.17) is 19.9 Å². The topological polar surface area (TPSA) is 51.6 Å². The molecule has 4 heteroatoms. The van der Waals surface area contributed by atoms with Gasteiger partial charge in [-0.25, -0.2) is 15.0 Å². The molecule has 0 spiro atoms. The Balaban J connectivity index is 1.14. The van der Waals surface area contributed by atoms with E-state index in [1.807, 2.05) is 66.9 Å². The highest BCUT2D eigenvalue weighted by molar-refractivity contribution is 6.06. The lowest BCUT2D eigenvalue weighted by molar-refractivity contribution is 0.661. The molecule has 2 aromatic heterocycles. The fourth-order valence-corrected chi connectivity index (χ4v) is 7.24. The molecule has 49 heavy (non-hydrogen) atoms. The number of hydrogen-bond donors (Lipinski definition) is 0. The van der Waals surface area contributed by atoms with E-state index < -0.39 is 0 Å². The molecule has 8 aromatic rings. The minimum atomic E-state index is -0.0894. The van der Waals surface area contributed by atoms with Crippen LogP contribution >= 0.6 is 0 Å². The van der Waals surface area contributed by atoms with Crippen molar-refractivity contribution in [2.45, 2.75) is 19.3 Å². The quantitative estimate of drug-likeness (QED) is 0.190. The van der Waals surface area contributed by atoms with Gasteiger partial charge in [0.05, 0.1) is 5.69 Å². The van der Waals surface area contributed by atoms with E-state index in [9.17, 15) is 0 Å². The molecule has 232 valence electrons. The second-order valence-electron chi connectivity index (χ2n) is 13.1. The van der Waals surface area contributed by atoms with Crippen LogP contribution in [-0.2, 0) is 5.41 Å². The van der Waals surface area contributed by atoms with Gasteiger partial charge in [0.15, 0.2) is 17.5 Å². The highest BCUT2D eigenvalue weighted by atomic mass is 15.0. The van der Waals surface area contributed by atoms with Crippen LogP contribution in [0.25, 0.3) is 78.4 Å². The van der Waals surface area contributed by atoms with Crippen molar-refractivity contribution in [2.75, 3.05) is 0 Å². The van der Waals surface area contributed by atoms with E-state index in [-0.39, 0.29) is 5.41 Å². The predicted molar refractivity (Wildman–Crippen MR) is 200 cm³/mol. The summed E-state index contributed by atoms with van der Waals surface area (Å²) in [5.41, 5.74) is 12.4. The summed E-state index contributed by atoms with van der Waals surface area (Å²) in [4.78, 5) is 19.6. The summed E-state index contributed by atoms with van der Waals surface area (Å²) in [7, 11) is 0. The molecule has 0 unspecified atom stereocenters. The standard InChI is InChI=1S/C45H32N4/c1-45(2)37-19-11-18-36(40(37)41-35-17-10-9-12-29(35)24-26-38(41)45)30-20-22-33(23-21-30)43-47-42(32-15-7-4-8-16-32)48-44(49-43)34-25-27-39(46-28-34)31-13-5-3-6-14-31/h3-28H,1-2H3. The average molecular weight is 629 g/mol. The average Bonchev–Trinajstić information content (AvgIpc) is 3.42. The van der Waals surface area contributed by atoms with Gasteiger partial charge in [0.25, 0.3) is 0 Å². The van der Waals surface area contributed by atoms with E-state index in [0.717, 1.165) is 33.5 Å². The minimum Gasteiger partial charge on any atom is -0.255 e. The van der Waals surface area contributed by atoms with Crippen LogP contribution in [0.4, 0.5) is 0 Å². The smallest absolute Gasteiger partial charge is 0.165 e. The van der Waals surface area contributed by atoms with Crippen molar-refractivity contribution in [1.29, 1.82) is 0 Å². The number of aromatic nitrogens is 4. The van der Waals surface area contributed by atoms with Crippen molar-refractivity contribution in [3.8, 4) is 67.7 Å². The van der Waals surface area contributed by atoms with Gasteiger partial charge in [-0.2, -0.15) is 0 Å². The highest BCUT2D eigenvalue weighted by Crippen LogP contribution is 2.54. The first-order valence-electron chi connectivity index (χ1n) is 16.6. The second-order valence-corrected chi connectivity index (χ2v) is 13.1. The second kappa shape index (κ2) is 11.5. The normalized spacial score (nSPS) is 12.9. The maximum absolute atomic E-state index is 4.98. The van der Waals surface area contributed by atoms with E-state index in [0.29, 0.717) is 17.5 Å². The van der Waals surface area contributed by atoms with Crippen molar-refractivity contribution < 1.29 is 0 Å². The van der Waals surface area contributed by atoms with Crippen LogP contribution in [0.15, 0.2) is 158 Å². The monoisotopic (exact) mass is 628 g/mol. The van der Waals surface area contributed by atoms with Gasteiger partial charge in [-0.3, -0.25) is 4.98 Å². The first-order valence-corrected chi connectivity index (χ1v) is 16.6. The van der Waals surface area contributed by atoms with Gasteiger partial charge in [-0.1, -0.05) is 153 Å². The van der Waals surface area contributed by atoms with Crippen LogP contribution in [0.5, 0.6) is 0 Å². The van der Waals surface area contributed by atoms with Crippen molar-refractivity contribution in [3.63, 3.8) is 0 Å². The summed E-state index contributed by atoms with van der Waals surface area (Å²) < 4.78 is 0. The Morgan fingerprint density at radius 1 is 0.408 bits per heavy atom. The fraction of sp³-hybridized carbons (Fsp3) is 0.0667. The van der Waals surface area contributed by atoms with Crippen LogP contribution in [0.2, 0.25) is 0 Å². The molecule has 6 aromatic carbocycles. The summed E-state index contributed by atoms with van der Waals surface area (Å²) >= 11 is 0. The van der Waals surface area contributed by atoms with Crippen LogP contribution < -0.4 is 0 Å². The van der Waals surface area contributed by atoms with Gasteiger partial charge in [0.1, 0.15) is 0 Å². The SMILES string of the molecule is CC1(C)c2cccc(-c3ccc(-c4nc(-c5ccccc5)nc(-c5ccc(-c6ccccc6)nc5)n4)cc3)c2-c2c1ccc1ccccc21. The zero-order chi connectivity index (χ0) is 33.0. The molecule has 0 radical (unpaired) electrons. The Labute approximate surface area is 285 Å². The van der Waals surface area contributed by atoms with Crippen molar-refractivity contribution in [2.24, 2.45) is 0 Å². The predicted octanol–water partition coefficient (Wildman–Crippen LogP) is 11.1. The zero-order valence-corrected chi connectivity index (χ0v) is 27.3. The first-order chi connectivity index (χ1) is 24.0. The van der Waals surface area contributed by atoms with E-state index >= 15 is 0 Å². The van der Waals surface area contributed by atoms with E-state index in [1.54, 1.807) is 0 Å². The number of benzene rings is 6. The molecule has 0 bridgehead atoms. The highest BCUT2D eigenvalue weighted by Gasteiger charge is 2.37. The van der Waals surface area contributed by atoms with Crippen molar-refractivity contribution >= 4 is 10.8 Å². The zero-order valence-electron chi connectivity index (χ0n) is 27.3. The Morgan fingerprint density at radius 3 is 1.67 bits per heavy atom. The lowest BCUT2D eigenvalue weighted by Gasteiger charge is -2.21. The molecule has 0 aliphatic heterocycles. The molecule has 0 amide bonds. The van der Waals surface area contributed by atoms with Gasteiger partial charge in [-0.15, -0.1) is 0 Å². The third kappa shape index (κ3) is 4.92. The van der Waals surface area contributed by atoms with Gasteiger partial charge >= 0.3 is 0 Å². The summed E-state index contributed by atoms with van der Waals surface area (Å²) in [6, 6.07) is 53.0. The molecule has 0 saturated carbocycles. The molecule has 2 heterocycles. The number of pyridine rings is 1. The molecule has 1 aliphatic carbocycles. The lowest BCUT2D eigenvalue weighted by atomic mass is 9.81. The van der Waals surface area contributed by atoms with Gasteiger partial charge in [-0.05, 0) is 56.3 Å². The molecular weight excluding hydrogens is 597 g/mol. The number of hydrogen-bond acceptors (Lipinski definition) is 4.